The summed E-state index contributed by atoms with van der Waals surface area (Å²) in [6.07, 6.45) is 1.47. The molecule has 0 fully saturated rings. The molecule has 0 aliphatic heterocycles. The van der Waals surface area contributed by atoms with E-state index in [0.717, 1.165) is 0 Å². The molecule has 2 aromatic rings. The van der Waals surface area contributed by atoms with Gasteiger partial charge in [0.15, 0.2) is 11.5 Å². The highest BCUT2D eigenvalue weighted by Crippen LogP contribution is 2.28. The number of rotatable bonds is 3. The summed E-state index contributed by atoms with van der Waals surface area (Å²) in [5, 5.41) is 25.4. The van der Waals surface area contributed by atoms with Gasteiger partial charge in [0, 0.05) is 13.6 Å². The number of hydrogen-bond acceptors (Lipinski definition) is 6. The predicted molar refractivity (Wildman–Crippen MR) is 69.1 cm³/mol. The third-order valence-electron chi connectivity index (χ3n) is 2.71. The lowest BCUT2D eigenvalue weighted by molar-refractivity contribution is 0.660. The van der Waals surface area contributed by atoms with Crippen LogP contribution in [0.1, 0.15) is 18.2 Å². The summed E-state index contributed by atoms with van der Waals surface area (Å²) in [5.41, 5.74) is 7.42. The lowest BCUT2D eigenvalue weighted by atomic mass is 10.4. The lowest BCUT2D eigenvalue weighted by Gasteiger charge is -1.98. The minimum absolute atomic E-state index is 0.380. The molecule has 8 nitrogen and oxygen atoms in total. The zero-order chi connectivity index (χ0) is 14.0. The van der Waals surface area contributed by atoms with Crippen LogP contribution in [0.15, 0.2) is 16.4 Å². The number of nitrogens with zero attached hydrogens (tertiary/aromatic N) is 7. The largest absolute Gasteiger partial charge is 0.382 e. The second-order valence-electron chi connectivity index (χ2n) is 3.95. The van der Waals surface area contributed by atoms with Crippen LogP contribution in [-0.2, 0) is 13.6 Å². The summed E-state index contributed by atoms with van der Waals surface area (Å²) < 4.78 is 3.13. The van der Waals surface area contributed by atoms with Crippen molar-refractivity contribution >= 4 is 17.3 Å². The van der Waals surface area contributed by atoms with Gasteiger partial charge in [-0.05, 0) is 13.8 Å². The smallest absolute Gasteiger partial charge is 0.191 e. The van der Waals surface area contributed by atoms with Crippen molar-refractivity contribution in [1.82, 2.24) is 19.6 Å². The molecule has 0 unspecified atom stereocenters. The first-order valence-electron chi connectivity index (χ1n) is 5.75. The molecule has 19 heavy (non-hydrogen) atoms. The molecule has 0 aliphatic carbocycles. The fourth-order valence-corrected chi connectivity index (χ4v) is 1.68. The maximum atomic E-state index is 8.99. The molecular weight excluding hydrogens is 244 g/mol. The molecule has 0 bridgehead atoms. The third kappa shape index (κ3) is 2.18. The van der Waals surface area contributed by atoms with E-state index in [0.29, 0.717) is 35.1 Å². The van der Waals surface area contributed by atoms with Crippen molar-refractivity contribution in [3.05, 3.63) is 17.5 Å². The summed E-state index contributed by atoms with van der Waals surface area (Å²) in [5.74, 6) is 0.856. The maximum absolute atomic E-state index is 8.99. The Morgan fingerprint density at radius 3 is 2.74 bits per heavy atom. The number of nitrogen functional groups attached to an aromatic ring is 1. The first-order valence-corrected chi connectivity index (χ1v) is 5.75. The van der Waals surface area contributed by atoms with E-state index in [1.807, 2.05) is 13.0 Å². The standard InChI is InChI=1S/C11H14N8/c1-4-19-11(8(5-12)6-14-19)16-15-9-7(2)17-18(3)10(9)13/h6H,4,13H2,1-3H3. The summed E-state index contributed by atoms with van der Waals surface area (Å²) in [6, 6.07) is 2.03. The zero-order valence-corrected chi connectivity index (χ0v) is 11.0. The van der Waals surface area contributed by atoms with E-state index in [1.54, 1.807) is 18.7 Å². The molecule has 2 heterocycles. The number of hydrogen-bond donors (Lipinski definition) is 1. The number of anilines is 1. The minimum Gasteiger partial charge on any atom is -0.382 e. The molecule has 98 valence electrons. The van der Waals surface area contributed by atoms with Crippen molar-refractivity contribution in [3.8, 4) is 6.07 Å². The molecule has 2 N–H and O–H groups in total. The van der Waals surface area contributed by atoms with E-state index in [-0.39, 0.29) is 0 Å². The Hall–Kier alpha value is -2.69. The number of nitrogens with two attached hydrogens (primary N) is 1. The van der Waals surface area contributed by atoms with Gasteiger partial charge in [-0.3, -0.25) is 4.68 Å². The quantitative estimate of drug-likeness (QED) is 0.846. The van der Waals surface area contributed by atoms with Gasteiger partial charge in [-0.15, -0.1) is 10.2 Å². The van der Waals surface area contributed by atoms with Gasteiger partial charge >= 0.3 is 0 Å². The molecular formula is C11H14N8. The number of nitriles is 1. The van der Waals surface area contributed by atoms with Gasteiger partial charge in [-0.2, -0.15) is 15.5 Å². The molecule has 0 amide bonds. The number of aromatic nitrogens is 4. The van der Waals surface area contributed by atoms with Crippen LogP contribution in [0.4, 0.5) is 17.3 Å². The highest BCUT2D eigenvalue weighted by atomic mass is 15.4. The molecule has 0 saturated heterocycles. The molecule has 0 spiro atoms. The van der Waals surface area contributed by atoms with E-state index in [1.165, 1.54) is 10.9 Å². The average Bonchev–Trinajstić information content (AvgIpc) is 2.90. The van der Waals surface area contributed by atoms with Crippen LogP contribution in [0.25, 0.3) is 0 Å². The highest BCUT2D eigenvalue weighted by Gasteiger charge is 2.12. The minimum atomic E-state index is 0.380. The molecule has 0 aromatic carbocycles. The van der Waals surface area contributed by atoms with Gasteiger partial charge in [0.05, 0.1) is 11.9 Å². The van der Waals surface area contributed by atoms with Crippen molar-refractivity contribution in [2.24, 2.45) is 17.3 Å². The fraction of sp³-hybridized carbons (Fsp3) is 0.364. The van der Waals surface area contributed by atoms with Crippen LogP contribution < -0.4 is 5.73 Å². The first-order chi connectivity index (χ1) is 9.08. The first kappa shape index (κ1) is 12.8. The average molecular weight is 258 g/mol. The number of azo groups is 1. The fourth-order valence-electron chi connectivity index (χ4n) is 1.68. The Balaban J connectivity index is 2.43. The topological polar surface area (TPSA) is 110 Å². The van der Waals surface area contributed by atoms with Gasteiger partial charge < -0.3 is 5.73 Å². The van der Waals surface area contributed by atoms with Crippen molar-refractivity contribution < 1.29 is 0 Å². The molecule has 0 saturated carbocycles. The third-order valence-corrected chi connectivity index (χ3v) is 2.71. The Morgan fingerprint density at radius 1 is 1.47 bits per heavy atom. The summed E-state index contributed by atoms with van der Waals surface area (Å²) >= 11 is 0. The second-order valence-corrected chi connectivity index (χ2v) is 3.95. The van der Waals surface area contributed by atoms with Gasteiger partial charge in [-0.1, -0.05) is 0 Å². The van der Waals surface area contributed by atoms with Crippen molar-refractivity contribution in [1.29, 1.82) is 5.26 Å². The molecule has 8 heteroatoms. The number of aryl methyl sites for hydroxylation is 3. The van der Waals surface area contributed by atoms with Crippen LogP contribution in [-0.4, -0.2) is 19.6 Å². The Kier molecular flexibility index (Phi) is 3.29. The predicted octanol–water partition coefficient (Wildman–Crippen LogP) is 1.81. The van der Waals surface area contributed by atoms with Gasteiger partial charge in [0.25, 0.3) is 0 Å². The molecule has 2 aromatic heterocycles. The van der Waals surface area contributed by atoms with E-state index in [4.69, 9.17) is 11.0 Å². The normalized spacial score (nSPS) is 11.1. The van der Waals surface area contributed by atoms with Crippen LogP contribution in [0.2, 0.25) is 0 Å². The maximum Gasteiger partial charge on any atom is 0.191 e. The molecule has 0 aliphatic rings. The van der Waals surface area contributed by atoms with Crippen LogP contribution in [0, 0.1) is 18.3 Å². The van der Waals surface area contributed by atoms with Crippen LogP contribution in [0.3, 0.4) is 0 Å². The lowest BCUT2D eigenvalue weighted by Crippen LogP contribution is -1.97. The van der Waals surface area contributed by atoms with E-state index < -0.39 is 0 Å². The highest BCUT2D eigenvalue weighted by molar-refractivity contribution is 5.61. The van der Waals surface area contributed by atoms with Crippen LogP contribution in [0.5, 0.6) is 0 Å². The monoisotopic (exact) mass is 258 g/mol. The van der Waals surface area contributed by atoms with Crippen molar-refractivity contribution in [2.75, 3.05) is 5.73 Å². The van der Waals surface area contributed by atoms with Gasteiger partial charge in [0.2, 0.25) is 0 Å². The van der Waals surface area contributed by atoms with E-state index in [2.05, 4.69) is 20.4 Å². The summed E-state index contributed by atoms with van der Waals surface area (Å²) in [6.45, 7) is 4.32. The van der Waals surface area contributed by atoms with Crippen molar-refractivity contribution in [3.63, 3.8) is 0 Å². The Labute approximate surface area is 110 Å². The second kappa shape index (κ2) is 4.89. The Morgan fingerprint density at radius 2 is 2.21 bits per heavy atom. The molecule has 2 rings (SSSR count). The summed E-state index contributed by atoms with van der Waals surface area (Å²) in [4.78, 5) is 0. The van der Waals surface area contributed by atoms with E-state index >= 15 is 0 Å². The molecule has 0 radical (unpaired) electrons. The van der Waals surface area contributed by atoms with E-state index in [9.17, 15) is 0 Å². The molecule has 0 atom stereocenters. The van der Waals surface area contributed by atoms with Crippen LogP contribution >= 0.6 is 0 Å². The Bertz CT molecular complexity index is 670. The van der Waals surface area contributed by atoms with Gasteiger partial charge in [-0.25, -0.2) is 4.68 Å². The summed E-state index contributed by atoms with van der Waals surface area (Å²) in [7, 11) is 1.73. The van der Waals surface area contributed by atoms with Gasteiger partial charge in [0.1, 0.15) is 17.5 Å². The SMILES string of the molecule is CCn1ncc(C#N)c1N=Nc1c(C)nn(C)c1N. The van der Waals surface area contributed by atoms with Crippen molar-refractivity contribution in [2.45, 2.75) is 20.4 Å². The zero-order valence-electron chi connectivity index (χ0n) is 11.0.